The summed E-state index contributed by atoms with van der Waals surface area (Å²) in [5.41, 5.74) is 3.45. The van der Waals surface area contributed by atoms with E-state index in [0.717, 1.165) is 43.2 Å². The molecule has 1 amide bonds. The van der Waals surface area contributed by atoms with Crippen molar-refractivity contribution in [3.8, 4) is 0 Å². The van der Waals surface area contributed by atoms with Gasteiger partial charge < -0.3 is 10.0 Å². The molecule has 204 valence electrons. The molecule has 4 aliphatic rings. The molecule has 2 heterocycles. The molecule has 2 aromatic carbocycles. The van der Waals surface area contributed by atoms with Crippen LogP contribution in [0.5, 0.6) is 0 Å². The molecule has 38 heavy (non-hydrogen) atoms. The van der Waals surface area contributed by atoms with Crippen LogP contribution in [0.25, 0.3) is 0 Å². The van der Waals surface area contributed by atoms with E-state index in [0.29, 0.717) is 28.8 Å². The number of rotatable bonds is 6. The van der Waals surface area contributed by atoms with E-state index in [1.807, 2.05) is 12.1 Å². The Bertz CT molecular complexity index is 1370. The quantitative estimate of drug-likeness (QED) is 0.565. The van der Waals surface area contributed by atoms with E-state index in [-0.39, 0.29) is 31.0 Å². The Hall–Kier alpha value is -2.56. The zero-order chi connectivity index (χ0) is 26.9. The Morgan fingerprint density at radius 1 is 1.03 bits per heavy atom. The molecule has 3 fully saturated rings. The molecule has 10 heteroatoms. The van der Waals surface area contributed by atoms with Gasteiger partial charge in [0.1, 0.15) is 0 Å². The third-order valence-corrected chi connectivity index (χ3v) is 9.56. The number of hydrogen-bond acceptors (Lipinski definition) is 5. The Kier molecular flexibility index (Phi) is 5.90. The summed E-state index contributed by atoms with van der Waals surface area (Å²) in [5, 5.41) is 10.7. The molecule has 2 spiro atoms. The minimum atomic E-state index is -3.44. The van der Waals surface area contributed by atoms with Gasteiger partial charge in [-0.2, -0.15) is 0 Å². The van der Waals surface area contributed by atoms with Crippen molar-refractivity contribution in [2.24, 2.45) is 5.41 Å². The van der Waals surface area contributed by atoms with E-state index >= 15 is 0 Å². The summed E-state index contributed by atoms with van der Waals surface area (Å²) in [6, 6.07) is 12.2. The number of halogens is 2. The lowest BCUT2D eigenvalue weighted by atomic mass is 9.66. The highest BCUT2D eigenvalue weighted by atomic mass is 32.2. The third kappa shape index (κ3) is 4.82. The van der Waals surface area contributed by atoms with Gasteiger partial charge in [0.25, 0.3) is 11.8 Å². The average molecular weight is 546 g/mol. The number of sulfonamides is 1. The van der Waals surface area contributed by atoms with Crippen molar-refractivity contribution in [1.29, 1.82) is 0 Å². The number of aliphatic hydroxyl groups is 1. The van der Waals surface area contributed by atoms with Crippen LogP contribution in [0.15, 0.2) is 42.5 Å². The smallest absolute Gasteiger partial charge is 0.272 e. The average Bonchev–Trinajstić information content (AvgIpc) is 3.54. The molecule has 0 radical (unpaired) electrons. The van der Waals surface area contributed by atoms with Crippen LogP contribution in [0, 0.1) is 5.41 Å². The van der Waals surface area contributed by atoms with E-state index in [2.05, 4.69) is 4.72 Å². The number of β-amino-alcohol motifs (C(OH)–C–C–N with tert-alkyl or cyclic N) is 1. The number of benzene rings is 2. The van der Waals surface area contributed by atoms with Crippen LogP contribution in [0.1, 0.15) is 66.1 Å². The number of anilines is 2. The van der Waals surface area contributed by atoms with E-state index in [4.69, 9.17) is 0 Å². The number of nitrogens with one attached hydrogen (secondary N) is 1. The van der Waals surface area contributed by atoms with Gasteiger partial charge in [0, 0.05) is 35.4 Å². The fourth-order valence-electron chi connectivity index (χ4n) is 6.61. The van der Waals surface area contributed by atoms with Gasteiger partial charge in [0.2, 0.25) is 10.0 Å². The van der Waals surface area contributed by atoms with Crippen molar-refractivity contribution < 1.29 is 27.1 Å². The van der Waals surface area contributed by atoms with E-state index in [1.165, 1.54) is 17.7 Å². The van der Waals surface area contributed by atoms with Crippen molar-refractivity contribution >= 4 is 27.3 Å². The minimum absolute atomic E-state index is 0.0841. The van der Waals surface area contributed by atoms with Gasteiger partial charge >= 0.3 is 0 Å². The number of aliphatic hydroxyl groups excluding tert-OH is 1. The number of carbonyl (C=O) groups is 1. The normalized spacial score (nSPS) is 23.6. The first-order valence-corrected chi connectivity index (χ1v) is 15.1. The van der Waals surface area contributed by atoms with Crippen molar-refractivity contribution in [2.75, 3.05) is 42.1 Å². The number of carbonyl (C=O) groups excluding carboxylic acids is 1. The molecule has 0 aromatic heterocycles. The largest absolute Gasteiger partial charge is 0.387 e. The number of fused-ring (bicyclic) bond motifs is 2. The fraction of sp³-hybridized carbons (Fsp3) is 0.536. The van der Waals surface area contributed by atoms with Crippen LogP contribution in [0.3, 0.4) is 0 Å². The minimum Gasteiger partial charge on any atom is -0.387 e. The highest BCUT2D eigenvalue weighted by Gasteiger charge is 2.53. The summed E-state index contributed by atoms with van der Waals surface area (Å²) >= 11 is 0. The van der Waals surface area contributed by atoms with Gasteiger partial charge in [-0.15, -0.1) is 0 Å². The van der Waals surface area contributed by atoms with Gasteiger partial charge in [-0.3, -0.25) is 14.4 Å². The first kappa shape index (κ1) is 25.7. The molecule has 1 atom stereocenters. The molecule has 2 aromatic rings. The number of hydrogen-bond donors (Lipinski definition) is 2. The summed E-state index contributed by atoms with van der Waals surface area (Å²) in [6.07, 6.45) is 6.78. The Labute approximate surface area is 221 Å². The van der Waals surface area contributed by atoms with Crippen molar-refractivity contribution in [1.82, 2.24) is 4.90 Å². The number of likely N-dealkylation sites (tertiary alicyclic amines) is 1. The maximum atomic E-state index is 13.9. The van der Waals surface area contributed by atoms with Crippen LogP contribution in [-0.4, -0.2) is 62.7 Å². The first-order valence-electron chi connectivity index (χ1n) is 13.2. The molecule has 2 saturated carbocycles. The molecule has 1 unspecified atom stereocenters. The van der Waals surface area contributed by atoms with Gasteiger partial charge in [-0.1, -0.05) is 12.1 Å². The lowest BCUT2D eigenvalue weighted by molar-refractivity contribution is -0.139. The van der Waals surface area contributed by atoms with E-state index in [1.54, 1.807) is 35.2 Å². The molecule has 2 N–H and O–H groups in total. The van der Waals surface area contributed by atoms with E-state index in [9.17, 15) is 27.1 Å². The molecular weight excluding hydrogens is 512 g/mol. The highest BCUT2D eigenvalue weighted by molar-refractivity contribution is 7.92. The van der Waals surface area contributed by atoms with Crippen molar-refractivity contribution in [3.05, 3.63) is 59.2 Å². The molecule has 6 rings (SSSR count). The zero-order valence-electron chi connectivity index (χ0n) is 21.4. The van der Waals surface area contributed by atoms with Crippen LogP contribution < -0.4 is 9.62 Å². The summed E-state index contributed by atoms with van der Waals surface area (Å²) in [4.78, 5) is 17.1. The second-order valence-corrected chi connectivity index (χ2v) is 13.7. The monoisotopic (exact) mass is 545 g/mol. The first-order chi connectivity index (χ1) is 17.9. The van der Waals surface area contributed by atoms with Crippen LogP contribution in [0.4, 0.5) is 20.2 Å². The summed E-state index contributed by atoms with van der Waals surface area (Å²) in [5.74, 6) is -2.89. The summed E-state index contributed by atoms with van der Waals surface area (Å²) in [6.45, 7) is -0.129. The molecule has 2 aliphatic carbocycles. The number of nitrogens with zero attached hydrogens (tertiary/aromatic N) is 2. The molecule has 1 saturated heterocycles. The van der Waals surface area contributed by atoms with Gasteiger partial charge in [-0.25, -0.2) is 17.2 Å². The lowest BCUT2D eigenvalue weighted by Crippen LogP contribution is -2.57. The van der Waals surface area contributed by atoms with Crippen molar-refractivity contribution in [3.63, 3.8) is 0 Å². The van der Waals surface area contributed by atoms with Gasteiger partial charge in [0.15, 0.2) is 0 Å². The predicted octanol–water partition coefficient (Wildman–Crippen LogP) is 4.29. The van der Waals surface area contributed by atoms with Crippen LogP contribution in [-0.2, 0) is 15.4 Å². The fourth-order valence-corrected chi connectivity index (χ4v) is 7.17. The second-order valence-electron chi connectivity index (χ2n) is 11.9. The number of alkyl halides is 2. The van der Waals surface area contributed by atoms with Crippen LogP contribution in [0.2, 0.25) is 0 Å². The second kappa shape index (κ2) is 8.72. The summed E-state index contributed by atoms with van der Waals surface area (Å²) < 4.78 is 52.8. The molecule has 0 bridgehead atoms. The highest BCUT2D eigenvalue weighted by Crippen LogP contribution is 2.62. The van der Waals surface area contributed by atoms with Crippen molar-refractivity contribution in [2.45, 2.75) is 56.0 Å². The molecule has 2 aliphatic heterocycles. The Morgan fingerprint density at radius 2 is 1.71 bits per heavy atom. The maximum Gasteiger partial charge on any atom is 0.272 e. The molecule has 7 nitrogen and oxygen atoms in total. The van der Waals surface area contributed by atoms with Gasteiger partial charge in [-0.05, 0) is 85.4 Å². The maximum absolute atomic E-state index is 13.9. The standard InChI is InChI=1S/C28H33F2N3O4S/c1-38(36,37)31-21-5-6-23-22(14-21)27(11-9-26(7-8-26)10-12-27)16-33(23)25(35)20-4-2-3-19(13-20)24(34)15-32-17-28(29,30)18-32/h2-6,13-14,24,31,34H,7-12,15-18H2,1H3. The van der Waals surface area contributed by atoms with E-state index < -0.39 is 22.0 Å². The number of amides is 1. The topological polar surface area (TPSA) is 90.0 Å². The summed E-state index contributed by atoms with van der Waals surface area (Å²) in [7, 11) is -3.44. The Morgan fingerprint density at radius 3 is 2.34 bits per heavy atom. The van der Waals surface area contributed by atoms with Crippen LogP contribution >= 0.6 is 0 Å². The molecular formula is C28H33F2N3O4S. The Balaban J connectivity index is 1.27. The van der Waals surface area contributed by atoms with Gasteiger partial charge in [0.05, 0.1) is 25.4 Å². The zero-order valence-corrected chi connectivity index (χ0v) is 22.2. The third-order valence-electron chi connectivity index (χ3n) is 8.95. The predicted molar refractivity (Wildman–Crippen MR) is 141 cm³/mol. The SMILES string of the molecule is CS(=O)(=O)Nc1ccc2c(c1)C1(CCC3(CC3)CC1)CN2C(=O)c1cccc(C(O)CN2CC(F)(F)C2)c1. The lowest BCUT2D eigenvalue weighted by Gasteiger charge is -2.39.